The third-order valence-corrected chi connectivity index (χ3v) is 7.35. The van der Waals surface area contributed by atoms with E-state index in [9.17, 15) is 4.79 Å². The van der Waals surface area contributed by atoms with Gasteiger partial charge in [-0.05, 0) is 63.9 Å². The van der Waals surface area contributed by atoms with Crippen molar-refractivity contribution in [2.24, 2.45) is 0 Å². The Morgan fingerprint density at radius 1 is 1.15 bits per heavy atom. The molecule has 7 heteroatoms. The highest BCUT2D eigenvalue weighted by molar-refractivity contribution is 7.19. The maximum absolute atomic E-state index is 13.1. The number of likely N-dealkylation sites (tertiary alicyclic amines) is 1. The van der Waals surface area contributed by atoms with E-state index < -0.39 is 0 Å². The van der Waals surface area contributed by atoms with Crippen molar-refractivity contribution < 1.29 is 4.79 Å². The van der Waals surface area contributed by atoms with E-state index >= 15 is 0 Å². The van der Waals surface area contributed by atoms with Crippen molar-refractivity contribution in [3.05, 3.63) is 22.1 Å². The van der Waals surface area contributed by atoms with Gasteiger partial charge in [0.05, 0.1) is 5.39 Å². The smallest absolute Gasteiger partial charge is 0.293 e. The van der Waals surface area contributed by atoms with Crippen molar-refractivity contribution in [2.45, 2.75) is 71.3 Å². The van der Waals surface area contributed by atoms with E-state index in [4.69, 9.17) is 9.97 Å². The van der Waals surface area contributed by atoms with Crippen LogP contribution >= 0.6 is 11.3 Å². The van der Waals surface area contributed by atoms with Crippen molar-refractivity contribution in [3.63, 3.8) is 0 Å². The number of carbonyl (C=O) groups excluding carboxylic acids is 1. The number of piperidine rings is 1. The van der Waals surface area contributed by atoms with E-state index in [-0.39, 0.29) is 11.9 Å². The zero-order valence-electron chi connectivity index (χ0n) is 16.2. The molecule has 1 saturated heterocycles. The van der Waals surface area contributed by atoms with Gasteiger partial charge in [-0.15, -0.1) is 16.4 Å². The Bertz CT molecular complexity index is 1050. The lowest BCUT2D eigenvalue weighted by Gasteiger charge is -2.32. The van der Waals surface area contributed by atoms with Crippen molar-refractivity contribution >= 4 is 33.1 Å². The van der Waals surface area contributed by atoms with E-state index in [1.807, 2.05) is 11.8 Å². The number of amides is 1. The van der Waals surface area contributed by atoms with Crippen LogP contribution in [0.3, 0.4) is 0 Å². The average Bonchev–Trinajstić information content (AvgIpc) is 3.24. The van der Waals surface area contributed by atoms with Gasteiger partial charge >= 0.3 is 0 Å². The minimum Gasteiger partial charge on any atom is -0.333 e. The Kier molecular flexibility index (Phi) is 3.96. The van der Waals surface area contributed by atoms with Crippen LogP contribution in [0.15, 0.2) is 0 Å². The summed E-state index contributed by atoms with van der Waals surface area (Å²) in [6.45, 7) is 7.15. The highest BCUT2D eigenvalue weighted by atomic mass is 32.1. The van der Waals surface area contributed by atoms with E-state index in [0.29, 0.717) is 11.7 Å². The van der Waals surface area contributed by atoms with Crippen molar-refractivity contribution in [2.75, 3.05) is 6.54 Å². The molecule has 6 nitrogen and oxygen atoms in total. The van der Waals surface area contributed by atoms with Gasteiger partial charge in [-0.1, -0.05) is 6.92 Å². The van der Waals surface area contributed by atoms with Crippen LogP contribution in [-0.4, -0.2) is 43.0 Å². The lowest BCUT2D eigenvalue weighted by Crippen LogP contribution is -2.42. The van der Waals surface area contributed by atoms with Gasteiger partial charge in [0.25, 0.3) is 5.91 Å². The molecule has 0 radical (unpaired) electrons. The number of carbonyl (C=O) groups is 1. The highest BCUT2D eigenvalue weighted by Gasteiger charge is 2.30. The number of nitrogens with zero attached hydrogens (tertiary/aromatic N) is 5. The topological polar surface area (TPSA) is 63.4 Å². The van der Waals surface area contributed by atoms with E-state index in [2.05, 4.69) is 18.9 Å². The molecule has 2 atom stereocenters. The van der Waals surface area contributed by atoms with Crippen LogP contribution in [0.25, 0.3) is 15.9 Å². The van der Waals surface area contributed by atoms with Gasteiger partial charge in [0.2, 0.25) is 5.82 Å². The average molecular weight is 384 g/mol. The molecule has 1 aliphatic heterocycles. The summed E-state index contributed by atoms with van der Waals surface area (Å²) in [5, 5.41) is 5.70. The SMILES string of the molecule is Cc1nc2sc3c(c2c2nc(C(=O)N4CCCCC4C)nn12)C(C)CCC3. The number of rotatable bonds is 1. The monoisotopic (exact) mass is 383 g/mol. The fourth-order valence-electron chi connectivity index (χ4n) is 4.70. The van der Waals surface area contributed by atoms with E-state index in [1.165, 1.54) is 29.7 Å². The lowest BCUT2D eigenvalue weighted by molar-refractivity contribution is 0.0623. The molecule has 27 heavy (non-hydrogen) atoms. The molecular formula is C20H25N5OS. The second-order valence-electron chi connectivity index (χ2n) is 8.09. The summed E-state index contributed by atoms with van der Waals surface area (Å²) >= 11 is 1.79. The first-order valence-electron chi connectivity index (χ1n) is 10.0. The molecule has 2 aliphatic rings. The van der Waals surface area contributed by atoms with Crippen molar-refractivity contribution in [1.82, 2.24) is 24.5 Å². The molecule has 2 unspecified atom stereocenters. The Morgan fingerprint density at radius 3 is 2.81 bits per heavy atom. The predicted molar refractivity (Wildman–Crippen MR) is 107 cm³/mol. The minimum atomic E-state index is -0.0457. The highest BCUT2D eigenvalue weighted by Crippen LogP contribution is 2.42. The largest absolute Gasteiger partial charge is 0.333 e. The van der Waals surface area contributed by atoms with Crippen LogP contribution in [0.4, 0.5) is 0 Å². The maximum Gasteiger partial charge on any atom is 0.293 e. The minimum absolute atomic E-state index is 0.0457. The van der Waals surface area contributed by atoms with Crippen LogP contribution in [0, 0.1) is 6.92 Å². The fraction of sp³-hybridized carbons (Fsp3) is 0.600. The van der Waals surface area contributed by atoms with Crippen LogP contribution in [0.1, 0.15) is 78.8 Å². The van der Waals surface area contributed by atoms with Crippen LogP contribution in [0.5, 0.6) is 0 Å². The quantitative estimate of drug-likeness (QED) is 0.635. The van der Waals surface area contributed by atoms with E-state index in [0.717, 1.165) is 47.5 Å². The number of aromatic nitrogens is 4. The second kappa shape index (κ2) is 6.26. The van der Waals surface area contributed by atoms with Gasteiger partial charge in [0, 0.05) is 17.5 Å². The molecule has 0 aromatic carbocycles. The molecule has 1 amide bonds. The fourth-order valence-corrected chi connectivity index (χ4v) is 6.08. The zero-order chi connectivity index (χ0) is 18.7. The van der Waals surface area contributed by atoms with Gasteiger partial charge in [-0.2, -0.15) is 4.52 Å². The van der Waals surface area contributed by atoms with Gasteiger partial charge in [-0.3, -0.25) is 4.79 Å². The Hall–Kier alpha value is -2.02. The summed E-state index contributed by atoms with van der Waals surface area (Å²) in [7, 11) is 0. The molecule has 142 valence electrons. The van der Waals surface area contributed by atoms with Gasteiger partial charge in [0.1, 0.15) is 10.7 Å². The summed E-state index contributed by atoms with van der Waals surface area (Å²) in [4.78, 5) is 27.0. The molecule has 0 N–H and O–H groups in total. The summed E-state index contributed by atoms with van der Waals surface area (Å²) in [6.07, 6.45) is 6.86. The maximum atomic E-state index is 13.1. The molecule has 0 saturated carbocycles. The first-order valence-corrected chi connectivity index (χ1v) is 10.9. The Morgan fingerprint density at radius 2 is 2.00 bits per heavy atom. The Labute approximate surface area is 162 Å². The molecule has 0 bridgehead atoms. The number of hydrogen-bond donors (Lipinski definition) is 0. The number of fused-ring (bicyclic) bond motifs is 5. The van der Waals surface area contributed by atoms with Crippen LogP contribution in [0.2, 0.25) is 0 Å². The normalized spacial score (nSPS) is 23.1. The van der Waals surface area contributed by atoms with Crippen LogP contribution < -0.4 is 0 Å². The molecular weight excluding hydrogens is 358 g/mol. The first-order chi connectivity index (χ1) is 13.0. The summed E-state index contributed by atoms with van der Waals surface area (Å²) in [5.41, 5.74) is 2.19. The number of hydrogen-bond acceptors (Lipinski definition) is 5. The molecule has 4 heterocycles. The second-order valence-corrected chi connectivity index (χ2v) is 9.17. The molecule has 3 aromatic heterocycles. The van der Waals surface area contributed by atoms with Gasteiger partial charge in [-0.25, -0.2) is 9.97 Å². The van der Waals surface area contributed by atoms with Crippen LogP contribution in [-0.2, 0) is 6.42 Å². The molecule has 1 aliphatic carbocycles. The Balaban J connectivity index is 1.68. The first kappa shape index (κ1) is 17.1. The standard InChI is InChI=1S/C20H25N5OS/c1-11-7-6-9-14-15(11)16-18-22-17(20(26)24-10-5-4-8-12(24)2)23-25(18)13(3)21-19(16)27-14/h11-12H,4-10H2,1-3H3. The van der Waals surface area contributed by atoms with Crippen molar-refractivity contribution in [1.29, 1.82) is 0 Å². The number of aryl methyl sites for hydroxylation is 2. The summed E-state index contributed by atoms with van der Waals surface area (Å²) in [5.74, 6) is 1.57. The molecule has 0 spiro atoms. The third kappa shape index (κ3) is 2.58. The van der Waals surface area contributed by atoms with Gasteiger partial charge < -0.3 is 4.90 Å². The molecule has 1 fully saturated rings. The lowest BCUT2D eigenvalue weighted by atomic mass is 9.87. The number of thiophene rings is 1. The molecule has 5 rings (SSSR count). The van der Waals surface area contributed by atoms with Gasteiger partial charge in [0.15, 0.2) is 5.65 Å². The predicted octanol–water partition coefficient (Wildman–Crippen LogP) is 4.10. The summed E-state index contributed by atoms with van der Waals surface area (Å²) in [6, 6.07) is 0.256. The van der Waals surface area contributed by atoms with E-state index in [1.54, 1.807) is 15.9 Å². The third-order valence-electron chi connectivity index (χ3n) is 6.19. The summed E-state index contributed by atoms with van der Waals surface area (Å²) < 4.78 is 1.78. The molecule has 3 aromatic rings. The van der Waals surface area contributed by atoms with Crippen molar-refractivity contribution in [3.8, 4) is 0 Å². The zero-order valence-corrected chi connectivity index (χ0v) is 17.0.